The number of unbranched alkanes of at least 4 members (excludes halogenated alkanes) is 1. The van der Waals surface area contributed by atoms with Gasteiger partial charge in [0, 0.05) is 18.6 Å². The van der Waals surface area contributed by atoms with Crippen LogP contribution in [0.1, 0.15) is 55.8 Å². The summed E-state index contributed by atoms with van der Waals surface area (Å²) < 4.78 is 11.1. The quantitative estimate of drug-likeness (QED) is 0.531. The molecule has 0 saturated carbocycles. The molecule has 2 rings (SSSR count). The lowest BCUT2D eigenvalue weighted by molar-refractivity contribution is 0.0859. The minimum absolute atomic E-state index is 0.195. The van der Waals surface area contributed by atoms with Gasteiger partial charge < -0.3 is 9.47 Å². The van der Waals surface area contributed by atoms with Crippen molar-refractivity contribution in [2.75, 3.05) is 13.2 Å². The maximum absolute atomic E-state index is 12.1. The molecule has 1 aliphatic heterocycles. The molecular formula is C17H24O3. The van der Waals surface area contributed by atoms with E-state index in [1.807, 2.05) is 24.3 Å². The van der Waals surface area contributed by atoms with E-state index in [-0.39, 0.29) is 11.9 Å². The predicted octanol–water partition coefficient (Wildman–Crippen LogP) is 4.01. The minimum Gasteiger partial charge on any atom is -0.494 e. The van der Waals surface area contributed by atoms with E-state index < -0.39 is 0 Å². The van der Waals surface area contributed by atoms with Crippen molar-refractivity contribution >= 4 is 5.78 Å². The highest BCUT2D eigenvalue weighted by Gasteiger charge is 2.17. The number of hydrogen-bond donors (Lipinski definition) is 0. The first-order chi connectivity index (χ1) is 9.79. The molecular weight excluding hydrogens is 252 g/mol. The van der Waals surface area contributed by atoms with E-state index in [4.69, 9.17) is 9.47 Å². The highest BCUT2D eigenvalue weighted by Crippen LogP contribution is 2.19. The lowest BCUT2D eigenvalue weighted by Crippen LogP contribution is -2.08. The zero-order valence-corrected chi connectivity index (χ0v) is 12.3. The average molecular weight is 276 g/mol. The molecule has 0 N–H and O–H groups in total. The summed E-state index contributed by atoms with van der Waals surface area (Å²) in [6.45, 7) is 3.73. The van der Waals surface area contributed by atoms with Crippen molar-refractivity contribution in [3.63, 3.8) is 0 Å². The van der Waals surface area contributed by atoms with Crippen LogP contribution < -0.4 is 4.74 Å². The molecule has 1 aromatic rings. The maximum Gasteiger partial charge on any atom is 0.162 e. The second-order valence-electron chi connectivity index (χ2n) is 5.32. The summed E-state index contributed by atoms with van der Waals surface area (Å²) in [6, 6.07) is 7.49. The first kappa shape index (κ1) is 15.0. The lowest BCUT2D eigenvalue weighted by atomic mass is 10.0. The Morgan fingerprint density at radius 1 is 1.35 bits per heavy atom. The van der Waals surface area contributed by atoms with Crippen LogP contribution in [0.25, 0.3) is 0 Å². The number of ketones is 1. The first-order valence-electron chi connectivity index (χ1n) is 7.67. The Morgan fingerprint density at radius 2 is 2.15 bits per heavy atom. The molecule has 3 nitrogen and oxygen atoms in total. The van der Waals surface area contributed by atoms with Gasteiger partial charge in [0.2, 0.25) is 0 Å². The van der Waals surface area contributed by atoms with Crippen molar-refractivity contribution in [3.8, 4) is 5.75 Å². The summed E-state index contributed by atoms with van der Waals surface area (Å²) in [5.74, 6) is 1.04. The Morgan fingerprint density at radius 3 is 2.80 bits per heavy atom. The van der Waals surface area contributed by atoms with Crippen LogP contribution in [-0.4, -0.2) is 25.1 Å². The number of Topliss-reactive ketones (excluding diaryl/α,β-unsaturated/α-hetero) is 1. The third-order valence-corrected chi connectivity index (χ3v) is 3.66. The standard InChI is InChI=1S/C17H24O3/c1-2-3-12-19-16-8-6-14(7-9-16)17(18)11-10-15-5-4-13-20-15/h6-9,15H,2-5,10-13H2,1H3. The number of ether oxygens (including phenoxy) is 2. The topological polar surface area (TPSA) is 35.5 Å². The Labute approximate surface area is 121 Å². The predicted molar refractivity (Wildman–Crippen MR) is 79.4 cm³/mol. The minimum atomic E-state index is 0.195. The van der Waals surface area contributed by atoms with Gasteiger partial charge in [-0.05, 0) is 49.9 Å². The third-order valence-electron chi connectivity index (χ3n) is 3.66. The molecule has 0 amide bonds. The van der Waals surface area contributed by atoms with Gasteiger partial charge in [-0.3, -0.25) is 4.79 Å². The van der Waals surface area contributed by atoms with Crippen LogP contribution in [-0.2, 0) is 4.74 Å². The average Bonchev–Trinajstić information content (AvgIpc) is 2.99. The van der Waals surface area contributed by atoms with Gasteiger partial charge in [-0.25, -0.2) is 0 Å². The van der Waals surface area contributed by atoms with E-state index in [0.717, 1.165) is 56.6 Å². The van der Waals surface area contributed by atoms with Crippen molar-refractivity contribution < 1.29 is 14.3 Å². The van der Waals surface area contributed by atoms with Crippen LogP contribution in [0.5, 0.6) is 5.75 Å². The number of benzene rings is 1. The highest BCUT2D eigenvalue weighted by atomic mass is 16.5. The third kappa shape index (κ3) is 4.64. The van der Waals surface area contributed by atoms with Gasteiger partial charge in [0.05, 0.1) is 12.7 Å². The molecule has 1 aromatic carbocycles. The van der Waals surface area contributed by atoms with E-state index in [1.54, 1.807) is 0 Å². The van der Waals surface area contributed by atoms with E-state index in [0.29, 0.717) is 6.42 Å². The van der Waals surface area contributed by atoms with Gasteiger partial charge >= 0.3 is 0 Å². The van der Waals surface area contributed by atoms with E-state index in [2.05, 4.69) is 6.92 Å². The fourth-order valence-electron chi connectivity index (χ4n) is 2.38. The molecule has 1 atom stereocenters. The molecule has 1 aliphatic rings. The number of carbonyl (C=O) groups is 1. The molecule has 1 unspecified atom stereocenters. The fourth-order valence-corrected chi connectivity index (χ4v) is 2.38. The van der Waals surface area contributed by atoms with Crippen LogP contribution in [0.4, 0.5) is 0 Å². The summed E-state index contributed by atoms with van der Waals surface area (Å²) in [6.07, 6.45) is 6.10. The zero-order valence-electron chi connectivity index (χ0n) is 12.3. The van der Waals surface area contributed by atoms with Gasteiger partial charge in [-0.2, -0.15) is 0 Å². The van der Waals surface area contributed by atoms with Crippen molar-refractivity contribution in [1.82, 2.24) is 0 Å². The van der Waals surface area contributed by atoms with Gasteiger partial charge in [-0.15, -0.1) is 0 Å². The second-order valence-corrected chi connectivity index (χ2v) is 5.32. The summed E-state index contributed by atoms with van der Waals surface area (Å²) in [4.78, 5) is 12.1. The molecule has 1 fully saturated rings. The number of hydrogen-bond acceptors (Lipinski definition) is 3. The van der Waals surface area contributed by atoms with E-state index >= 15 is 0 Å². The first-order valence-corrected chi connectivity index (χ1v) is 7.67. The van der Waals surface area contributed by atoms with Gasteiger partial charge in [0.1, 0.15) is 5.75 Å². The molecule has 0 aromatic heterocycles. The summed E-state index contributed by atoms with van der Waals surface area (Å²) in [7, 11) is 0. The van der Waals surface area contributed by atoms with Crippen molar-refractivity contribution in [2.45, 2.75) is 51.6 Å². The van der Waals surface area contributed by atoms with Crippen molar-refractivity contribution in [3.05, 3.63) is 29.8 Å². The number of carbonyl (C=O) groups excluding carboxylic acids is 1. The largest absolute Gasteiger partial charge is 0.494 e. The highest BCUT2D eigenvalue weighted by molar-refractivity contribution is 5.96. The zero-order chi connectivity index (χ0) is 14.2. The SMILES string of the molecule is CCCCOc1ccc(C(=O)CCC2CCCO2)cc1. The molecule has 0 radical (unpaired) electrons. The van der Waals surface area contributed by atoms with Crippen LogP contribution in [0.2, 0.25) is 0 Å². The molecule has 0 aliphatic carbocycles. The Balaban J connectivity index is 1.77. The van der Waals surface area contributed by atoms with Crippen LogP contribution >= 0.6 is 0 Å². The molecule has 1 saturated heterocycles. The van der Waals surface area contributed by atoms with Crippen molar-refractivity contribution in [1.29, 1.82) is 0 Å². The number of rotatable bonds is 8. The molecule has 3 heteroatoms. The van der Waals surface area contributed by atoms with Crippen LogP contribution in [0.15, 0.2) is 24.3 Å². The Kier molecular flexibility index (Phi) is 6.06. The lowest BCUT2D eigenvalue weighted by Gasteiger charge is -2.09. The van der Waals surface area contributed by atoms with E-state index in [9.17, 15) is 4.79 Å². The van der Waals surface area contributed by atoms with Gasteiger partial charge in [0.25, 0.3) is 0 Å². The summed E-state index contributed by atoms with van der Waals surface area (Å²) in [5.41, 5.74) is 0.769. The second kappa shape index (κ2) is 8.05. The van der Waals surface area contributed by atoms with Crippen LogP contribution in [0, 0.1) is 0 Å². The molecule has 0 bridgehead atoms. The smallest absolute Gasteiger partial charge is 0.162 e. The normalized spacial score (nSPS) is 18.1. The fraction of sp³-hybridized carbons (Fsp3) is 0.588. The maximum atomic E-state index is 12.1. The Hall–Kier alpha value is -1.35. The van der Waals surface area contributed by atoms with Crippen LogP contribution in [0.3, 0.4) is 0 Å². The summed E-state index contributed by atoms with van der Waals surface area (Å²) in [5, 5.41) is 0. The molecule has 0 spiro atoms. The molecule has 1 heterocycles. The molecule has 20 heavy (non-hydrogen) atoms. The van der Waals surface area contributed by atoms with Gasteiger partial charge in [-0.1, -0.05) is 13.3 Å². The monoisotopic (exact) mass is 276 g/mol. The van der Waals surface area contributed by atoms with E-state index in [1.165, 1.54) is 0 Å². The Bertz CT molecular complexity index is 405. The summed E-state index contributed by atoms with van der Waals surface area (Å²) >= 11 is 0. The molecule has 110 valence electrons. The van der Waals surface area contributed by atoms with Crippen molar-refractivity contribution in [2.24, 2.45) is 0 Å². The van der Waals surface area contributed by atoms with Gasteiger partial charge in [0.15, 0.2) is 5.78 Å².